The van der Waals surface area contributed by atoms with Gasteiger partial charge in [-0.25, -0.2) is 4.39 Å². The number of halogens is 1. The van der Waals surface area contributed by atoms with Crippen LogP contribution in [0.4, 0.5) is 4.39 Å². The van der Waals surface area contributed by atoms with E-state index in [9.17, 15) is 4.39 Å². The van der Waals surface area contributed by atoms with Crippen LogP contribution < -0.4 is 15.4 Å². The van der Waals surface area contributed by atoms with Gasteiger partial charge < -0.3 is 15.4 Å². The molecule has 3 aromatic rings. The molecule has 2 aromatic carbocycles. The number of nitrogens with one attached hydrogen (secondary N) is 2. The number of nitrogens with zero attached hydrogens (tertiary/aromatic N) is 3. The Balaban J connectivity index is 1.23. The largest absolute Gasteiger partial charge is 0.453 e. The maximum Gasteiger partial charge on any atom is 0.191 e. The van der Waals surface area contributed by atoms with E-state index in [1.165, 1.54) is 11.6 Å². The minimum atomic E-state index is -0.410. The normalized spacial score (nSPS) is 15.3. The Labute approximate surface area is 194 Å². The lowest BCUT2D eigenvalue weighted by atomic mass is 10.0. The van der Waals surface area contributed by atoms with Crippen molar-refractivity contribution in [3.05, 3.63) is 90.0 Å². The van der Waals surface area contributed by atoms with Crippen molar-refractivity contribution in [3.63, 3.8) is 0 Å². The van der Waals surface area contributed by atoms with Gasteiger partial charge in [-0.15, -0.1) is 0 Å². The average Bonchev–Trinajstić information content (AvgIpc) is 2.85. The fourth-order valence-electron chi connectivity index (χ4n) is 3.92. The highest BCUT2D eigenvalue weighted by atomic mass is 19.1. The zero-order valence-electron chi connectivity index (χ0n) is 18.9. The molecule has 0 saturated carbocycles. The molecule has 172 valence electrons. The average molecular weight is 448 g/mol. The summed E-state index contributed by atoms with van der Waals surface area (Å²) < 4.78 is 20.0. The lowest BCUT2D eigenvalue weighted by molar-refractivity contribution is 0.198. The third-order valence-corrected chi connectivity index (χ3v) is 5.72. The van der Waals surface area contributed by atoms with Crippen molar-refractivity contribution in [3.8, 4) is 11.5 Å². The lowest BCUT2D eigenvalue weighted by Crippen LogP contribution is -2.48. The highest BCUT2D eigenvalue weighted by Gasteiger charge is 2.20. The molecule has 4 rings (SSSR count). The Morgan fingerprint density at radius 2 is 1.91 bits per heavy atom. The zero-order valence-corrected chi connectivity index (χ0v) is 18.9. The van der Waals surface area contributed by atoms with Crippen LogP contribution in [0.3, 0.4) is 0 Å². The van der Waals surface area contributed by atoms with Gasteiger partial charge in [0.2, 0.25) is 0 Å². The van der Waals surface area contributed by atoms with Crippen LogP contribution >= 0.6 is 0 Å². The van der Waals surface area contributed by atoms with Crippen LogP contribution in [-0.4, -0.2) is 42.0 Å². The maximum absolute atomic E-state index is 14.5. The van der Waals surface area contributed by atoms with Crippen LogP contribution in [0.5, 0.6) is 11.5 Å². The number of guanidine groups is 1. The van der Waals surface area contributed by atoms with Gasteiger partial charge in [0.1, 0.15) is 5.75 Å². The van der Waals surface area contributed by atoms with E-state index in [0.717, 1.165) is 44.0 Å². The number of piperidine rings is 1. The fourth-order valence-corrected chi connectivity index (χ4v) is 3.92. The SMILES string of the molecule is CN=C(NCc1ccc(Oc2cccnc2)c(F)c1)NC1CCN(Cc2ccccc2)CC1. The predicted molar refractivity (Wildman–Crippen MR) is 129 cm³/mol. The molecule has 0 atom stereocenters. The number of ether oxygens (including phenoxy) is 1. The first kappa shape index (κ1) is 22.7. The van der Waals surface area contributed by atoms with Crippen LogP contribution in [0, 0.1) is 5.82 Å². The first-order valence-corrected chi connectivity index (χ1v) is 11.3. The van der Waals surface area contributed by atoms with Crippen LogP contribution in [-0.2, 0) is 13.1 Å². The summed E-state index contributed by atoms with van der Waals surface area (Å²) in [4.78, 5) is 10.8. The number of hydrogen-bond acceptors (Lipinski definition) is 4. The van der Waals surface area contributed by atoms with Crippen molar-refractivity contribution in [1.29, 1.82) is 0 Å². The van der Waals surface area contributed by atoms with E-state index < -0.39 is 5.82 Å². The zero-order chi connectivity index (χ0) is 22.9. The van der Waals surface area contributed by atoms with Gasteiger partial charge in [0, 0.05) is 45.5 Å². The molecule has 1 aromatic heterocycles. The van der Waals surface area contributed by atoms with E-state index in [1.807, 2.05) is 6.07 Å². The van der Waals surface area contributed by atoms with Crippen molar-refractivity contribution in [2.45, 2.75) is 32.0 Å². The molecule has 1 fully saturated rings. The van der Waals surface area contributed by atoms with Crippen molar-refractivity contribution < 1.29 is 9.13 Å². The second kappa shape index (κ2) is 11.4. The number of pyridine rings is 1. The van der Waals surface area contributed by atoms with E-state index in [0.29, 0.717) is 18.3 Å². The Morgan fingerprint density at radius 1 is 1.09 bits per heavy atom. The van der Waals surface area contributed by atoms with Gasteiger partial charge in [-0.3, -0.25) is 14.9 Å². The molecule has 0 spiro atoms. The van der Waals surface area contributed by atoms with Crippen LogP contribution in [0.2, 0.25) is 0 Å². The highest BCUT2D eigenvalue weighted by Crippen LogP contribution is 2.24. The van der Waals surface area contributed by atoms with Crippen LogP contribution in [0.15, 0.2) is 78.0 Å². The van der Waals surface area contributed by atoms with E-state index in [-0.39, 0.29) is 5.75 Å². The van der Waals surface area contributed by atoms with Gasteiger partial charge in [0.05, 0.1) is 6.20 Å². The Morgan fingerprint density at radius 3 is 2.61 bits per heavy atom. The molecule has 2 N–H and O–H groups in total. The predicted octanol–water partition coefficient (Wildman–Crippen LogP) is 4.34. The fraction of sp³-hybridized carbons (Fsp3) is 0.308. The first-order valence-electron chi connectivity index (χ1n) is 11.3. The van der Waals surface area contributed by atoms with Gasteiger partial charge in [0.25, 0.3) is 0 Å². The van der Waals surface area contributed by atoms with E-state index in [1.54, 1.807) is 37.6 Å². The van der Waals surface area contributed by atoms with Crippen molar-refractivity contribution in [1.82, 2.24) is 20.5 Å². The number of benzene rings is 2. The van der Waals surface area contributed by atoms with Gasteiger partial charge in [-0.05, 0) is 48.2 Å². The molecule has 0 unspecified atom stereocenters. The summed E-state index contributed by atoms with van der Waals surface area (Å²) in [5, 5.41) is 6.79. The van der Waals surface area contributed by atoms with Gasteiger partial charge in [-0.1, -0.05) is 36.4 Å². The molecule has 2 heterocycles. The highest BCUT2D eigenvalue weighted by molar-refractivity contribution is 5.79. The van der Waals surface area contributed by atoms with Gasteiger partial charge in [0.15, 0.2) is 17.5 Å². The monoisotopic (exact) mass is 447 g/mol. The van der Waals surface area contributed by atoms with Crippen LogP contribution in [0.25, 0.3) is 0 Å². The molecule has 0 amide bonds. The van der Waals surface area contributed by atoms with E-state index in [4.69, 9.17) is 4.74 Å². The molecule has 6 nitrogen and oxygen atoms in total. The minimum Gasteiger partial charge on any atom is -0.453 e. The molecule has 7 heteroatoms. The summed E-state index contributed by atoms with van der Waals surface area (Å²) in [5.74, 6) is 0.998. The Kier molecular flexibility index (Phi) is 7.87. The number of aromatic nitrogens is 1. The summed E-state index contributed by atoms with van der Waals surface area (Å²) >= 11 is 0. The number of likely N-dealkylation sites (tertiary alicyclic amines) is 1. The maximum atomic E-state index is 14.5. The topological polar surface area (TPSA) is 61.8 Å². The van der Waals surface area contributed by atoms with E-state index in [2.05, 4.69) is 55.8 Å². The minimum absolute atomic E-state index is 0.177. The molecule has 0 bridgehead atoms. The molecule has 1 aliphatic rings. The molecule has 0 radical (unpaired) electrons. The lowest BCUT2D eigenvalue weighted by Gasteiger charge is -2.33. The van der Waals surface area contributed by atoms with Gasteiger partial charge >= 0.3 is 0 Å². The van der Waals surface area contributed by atoms with Crippen molar-refractivity contribution in [2.24, 2.45) is 4.99 Å². The second-order valence-electron chi connectivity index (χ2n) is 8.16. The van der Waals surface area contributed by atoms with Crippen LogP contribution in [0.1, 0.15) is 24.0 Å². The Hall–Kier alpha value is -3.45. The Bertz CT molecular complexity index is 1040. The summed E-state index contributed by atoms with van der Waals surface area (Å²) in [6.07, 6.45) is 5.31. The summed E-state index contributed by atoms with van der Waals surface area (Å²) in [7, 11) is 1.76. The first-order chi connectivity index (χ1) is 16.2. The standard InChI is InChI=1S/C26H30FN5O/c1-28-26(31-22-11-14-32(15-12-22)19-20-6-3-2-4-7-20)30-17-21-9-10-25(24(27)16-21)33-23-8-5-13-29-18-23/h2-10,13,16,18,22H,11-12,14-15,17,19H2,1H3,(H2,28,30,31). The molecule has 1 saturated heterocycles. The third kappa shape index (κ3) is 6.76. The van der Waals surface area contributed by atoms with E-state index >= 15 is 0 Å². The third-order valence-electron chi connectivity index (χ3n) is 5.72. The molecule has 33 heavy (non-hydrogen) atoms. The molecule has 1 aliphatic heterocycles. The summed E-state index contributed by atoms with van der Waals surface area (Å²) in [6.45, 7) is 3.56. The smallest absolute Gasteiger partial charge is 0.191 e. The summed E-state index contributed by atoms with van der Waals surface area (Å²) in [6, 6.07) is 19.4. The summed E-state index contributed by atoms with van der Waals surface area (Å²) in [5.41, 5.74) is 2.16. The molecular weight excluding hydrogens is 417 g/mol. The number of hydrogen-bond donors (Lipinski definition) is 2. The number of rotatable bonds is 7. The molecule has 0 aliphatic carbocycles. The number of aliphatic imine (C=N–C) groups is 1. The molecular formula is C26H30FN5O. The van der Waals surface area contributed by atoms with Gasteiger partial charge in [-0.2, -0.15) is 0 Å². The van der Waals surface area contributed by atoms with Crippen molar-refractivity contribution >= 4 is 5.96 Å². The quantitative estimate of drug-likeness (QED) is 0.417. The second-order valence-corrected chi connectivity index (χ2v) is 8.16. The van der Waals surface area contributed by atoms with Crippen molar-refractivity contribution in [2.75, 3.05) is 20.1 Å².